The minimum Gasteiger partial charge on any atom is -0.388 e. The lowest BCUT2D eigenvalue weighted by atomic mass is 9.79. The van der Waals surface area contributed by atoms with Crippen LogP contribution in [0.5, 0.6) is 0 Å². The molecular formula is C15H26N4O. The SMILES string of the molecule is CCc1cc(N2CC(C)(C)[C@](C)(O)C2)nc(N(C)C)n1. The Balaban J connectivity index is 2.37. The number of aryl methyl sites for hydroxylation is 1. The molecule has 5 nitrogen and oxygen atoms in total. The van der Waals surface area contributed by atoms with Crippen molar-refractivity contribution >= 4 is 11.8 Å². The number of nitrogens with zero attached hydrogens (tertiary/aromatic N) is 4. The molecule has 2 heterocycles. The average Bonchev–Trinajstić information content (AvgIpc) is 2.58. The molecule has 0 unspecified atom stereocenters. The van der Waals surface area contributed by atoms with Gasteiger partial charge in [-0.1, -0.05) is 20.8 Å². The highest BCUT2D eigenvalue weighted by atomic mass is 16.3. The molecular weight excluding hydrogens is 252 g/mol. The predicted molar refractivity (Wildman–Crippen MR) is 82.4 cm³/mol. The van der Waals surface area contributed by atoms with Crippen molar-refractivity contribution in [3.05, 3.63) is 11.8 Å². The van der Waals surface area contributed by atoms with Crippen molar-refractivity contribution in [2.24, 2.45) is 5.41 Å². The van der Waals surface area contributed by atoms with Gasteiger partial charge >= 0.3 is 0 Å². The Hall–Kier alpha value is -1.36. The Morgan fingerprint density at radius 1 is 1.25 bits per heavy atom. The Kier molecular flexibility index (Phi) is 3.67. The summed E-state index contributed by atoms with van der Waals surface area (Å²) in [6, 6.07) is 2.03. The summed E-state index contributed by atoms with van der Waals surface area (Å²) < 4.78 is 0. The third-order valence-corrected chi connectivity index (χ3v) is 4.38. The molecule has 0 amide bonds. The van der Waals surface area contributed by atoms with Crippen LogP contribution < -0.4 is 9.80 Å². The highest BCUT2D eigenvalue weighted by Gasteiger charge is 2.48. The molecule has 1 aliphatic rings. The third-order valence-electron chi connectivity index (χ3n) is 4.38. The molecule has 0 saturated carbocycles. The summed E-state index contributed by atoms with van der Waals surface area (Å²) in [7, 11) is 3.89. The normalized spacial score (nSPS) is 25.1. The van der Waals surface area contributed by atoms with Gasteiger partial charge in [0.05, 0.1) is 5.60 Å². The molecule has 1 aliphatic heterocycles. The Morgan fingerprint density at radius 3 is 2.35 bits per heavy atom. The zero-order valence-corrected chi connectivity index (χ0v) is 13.4. The van der Waals surface area contributed by atoms with Gasteiger partial charge in [-0.3, -0.25) is 0 Å². The minimum atomic E-state index is -0.706. The van der Waals surface area contributed by atoms with Crippen molar-refractivity contribution in [3.63, 3.8) is 0 Å². The van der Waals surface area contributed by atoms with Gasteiger partial charge in [0.2, 0.25) is 5.95 Å². The summed E-state index contributed by atoms with van der Waals surface area (Å²) >= 11 is 0. The van der Waals surface area contributed by atoms with E-state index in [1.807, 2.05) is 32.0 Å². The standard InChI is InChI=1S/C15H26N4O/c1-7-11-8-12(17-13(16-11)18(5)6)19-9-14(2,3)15(4,20)10-19/h8,20H,7,9-10H2,1-6H3/t15-/m1/s1. The minimum absolute atomic E-state index is 0.150. The van der Waals surface area contributed by atoms with Crippen LogP contribution >= 0.6 is 0 Å². The smallest absolute Gasteiger partial charge is 0.227 e. The zero-order valence-electron chi connectivity index (χ0n) is 13.4. The third kappa shape index (κ3) is 2.59. The predicted octanol–water partition coefficient (Wildman–Crippen LogP) is 1.70. The van der Waals surface area contributed by atoms with Gasteiger partial charge in [-0.2, -0.15) is 4.98 Å². The van der Waals surface area contributed by atoms with E-state index in [0.29, 0.717) is 6.54 Å². The van der Waals surface area contributed by atoms with E-state index in [-0.39, 0.29) is 5.41 Å². The van der Waals surface area contributed by atoms with Gasteiger partial charge in [-0.15, -0.1) is 0 Å². The number of β-amino-alcohol motifs (C(OH)–C–C–N with tert-alkyl or cyclic N) is 1. The van der Waals surface area contributed by atoms with Crippen LogP contribution in [0.25, 0.3) is 0 Å². The highest BCUT2D eigenvalue weighted by molar-refractivity contribution is 5.48. The maximum atomic E-state index is 10.6. The molecule has 0 aliphatic carbocycles. The average molecular weight is 278 g/mol. The topological polar surface area (TPSA) is 52.5 Å². The van der Waals surface area contributed by atoms with Gasteiger partial charge in [0, 0.05) is 44.4 Å². The number of rotatable bonds is 3. The van der Waals surface area contributed by atoms with Crippen molar-refractivity contribution < 1.29 is 5.11 Å². The summed E-state index contributed by atoms with van der Waals surface area (Å²) in [5.41, 5.74) is 0.175. The summed E-state index contributed by atoms with van der Waals surface area (Å²) in [6.45, 7) is 9.60. The Labute approximate surface area is 121 Å². The maximum Gasteiger partial charge on any atom is 0.227 e. The first-order valence-corrected chi connectivity index (χ1v) is 7.19. The van der Waals surface area contributed by atoms with Crippen molar-refractivity contribution in [2.75, 3.05) is 37.0 Å². The number of hydrogen-bond donors (Lipinski definition) is 1. The molecule has 0 spiro atoms. The van der Waals surface area contributed by atoms with Crippen LogP contribution in [0.1, 0.15) is 33.4 Å². The Morgan fingerprint density at radius 2 is 1.90 bits per heavy atom. The van der Waals surface area contributed by atoms with Crippen LogP contribution in [0.4, 0.5) is 11.8 Å². The van der Waals surface area contributed by atoms with Crippen LogP contribution in [-0.2, 0) is 6.42 Å². The maximum absolute atomic E-state index is 10.6. The first kappa shape index (κ1) is 15.0. The van der Waals surface area contributed by atoms with Crippen molar-refractivity contribution in [1.29, 1.82) is 0 Å². The van der Waals surface area contributed by atoms with E-state index < -0.39 is 5.60 Å². The molecule has 1 saturated heterocycles. The molecule has 0 aromatic carbocycles. The van der Waals surface area contributed by atoms with Gasteiger partial charge < -0.3 is 14.9 Å². The van der Waals surface area contributed by atoms with E-state index in [0.717, 1.165) is 30.4 Å². The molecule has 20 heavy (non-hydrogen) atoms. The molecule has 0 radical (unpaired) electrons. The lowest BCUT2D eigenvalue weighted by molar-refractivity contribution is -0.00891. The molecule has 1 fully saturated rings. The summed E-state index contributed by atoms with van der Waals surface area (Å²) in [4.78, 5) is 13.2. The van der Waals surface area contributed by atoms with E-state index in [1.165, 1.54) is 0 Å². The number of anilines is 2. The summed E-state index contributed by atoms with van der Waals surface area (Å²) in [6.07, 6.45) is 0.879. The number of aliphatic hydroxyl groups is 1. The zero-order chi connectivity index (χ0) is 15.1. The quantitative estimate of drug-likeness (QED) is 0.912. The van der Waals surface area contributed by atoms with Gasteiger partial charge in [0.15, 0.2) is 0 Å². The first-order valence-electron chi connectivity index (χ1n) is 7.19. The second kappa shape index (κ2) is 4.88. The lowest BCUT2D eigenvalue weighted by Crippen LogP contribution is -2.40. The van der Waals surface area contributed by atoms with Crippen LogP contribution in [0, 0.1) is 5.41 Å². The Bertz CT molecular complexity index is 481. The molecule has 1 N–H and O–H groups in total. The molecule has 1 aromatic rings. The van der Waals surface area contributed by atoms with Crippen LogP contribution in [0.2, 0.25) is 0 Å². The van der Waals surface area contributed by atoms with Gasteiger partial charge in [0.1, 0.15) is 5.82 Å². The van der Waals surface area contributed by atoms with E-state index in [1.54, 1.807) is 0 Å². The van der Waals surface area contributed by atoms with Crippen LogP contribution in [0.3, 0.4) is 0 Å². The van der Waals surface area contributed by atoms with E-state index >= 15 is 0 Å². The fourth-order valence-corrected chi connectivity index (χ4v) is 2.46. The second-order valence-electron chi connectivity index (χ2n) is 6.78. The van der Waals surface area contributed by atoms with Crippen molar-refractivity contribution in [1.82, 2.24) is 9.97 Å². The molecule has 0 bridgehead atoms. The number of aromatic nitrogens is 2. The van der Waals surface area contributed by atoms with Crippen LogP contribution in [-0.4, -0.2) is 47.9 Å². The van der Waals surface area contributed by atoms with E-state index in [9.17, 15) is 5.11 Å². The lowest BCUT2D eigenvalue weighted by Gasteiger charge is -2.30. The largest absolute Gasteiger partial charge is 0.388 e. The van der Waals surface area contributed by atoms with Gasteiger partial charge in [-0.05, 0) is 13.3 Å². The van der Waals surface area contributed by atoms with E-state index in [4.69, 9.17) is 0 Å². The van der Waals surface area contributed by atoms with Gasteiger partial charge in [-0.25, -0.2) is 4.98 Å². The monoisotopic (exact) mass is 278 g/mol. The number of hydrogen-bond acceptors (Lipinski definition) is 5. The molecule has 1 aromatic heterocycles. The second-order valence-corrected chi connectivity index (χ2v) is 6.78. The highest BCUT2D eigenvalue weighted by Crippen LogP contribution is 2.40. The molecule has 2 rings (SSSR count). The molecule has 112 valence electrons. The van der Waals surface area contributed by atoms with Gasteiger partial charge in [0.25, 0.3) is 0 Å². The molecule has 5 heteroatoms. The molecule has 1 atom stereocenters. The first-order chi connectivity index (χ1) is 9.16. The van der Waals surface area contributed by atoms with Crippen molar-refractivity contribution in [2.45, 2.75) is 39.7 Å². The summed E-state index contributed by atoms with van der Waals surface area (Å²) in [5, 5.41) is 10.6. The van der Waals surface area contributed by atoms with E-state index in [2.05, 4.69) is 35.6 Å². The van der Waals surface area contributed by atoms with Crippen molar-refractivity contribution in [3.8, 4) is 0 Å². The summed E-state index contributed by atoms with van der Waals surface area (Å²) in [5.74, 6) is 1.63. The fraction of sp³-hybridized carbons (Fsp3) is 0.733. The van der Waals surface area contributed by atoms with Crippen LogP contribution in [0.15, 0.2) is 6.07 Å². The fourth-order valence-electron chi connectivity index (χ4n) is 2.46.